The number of rotatable bonds is 5. The second-order valence-corrected chi connectivity index (χ2v) is 4.40. The van der Waals surface area contributed by atoms with Crippen LogP contribution in [0.2, 0.25) is 0 Å². The summed E-state index contributed by atoms with van der Waals surface area (Å²) in [5, 5.41) is 9.87. The topological polar surface area (TPSA) is 65.0 Å². The first-order chi connectivity index (χ1) is 10.6. The van der Waals surface area contributed by atoms with E-state index in [1.54, 1.807) is 12.1 Å². The molecule has 2 aromatic carbocycles. The molecule has 0 spiro atoms. The van der Waals surface area contributed by atoms with E-state index in [4.69, 9.17) is 14.2 Å². The van der Waals surface area contributed by atoms with E-state index in [9.17, 15) is 14.3 Å². The molecule has 0 heterocycles. The van der Waals surface area contributed by atoms with Gasteiger partial charge in [0.15, 0.2) is 23.1 Å². The van der Waals surface area contributed by atoms with Crippen molar-refractivity contribution in [1.82, 2.24) is 0 Å². The number of hydrogen-bond donors (Lipinski definition) is 1. The molecule has 0 atom stereocenters. The van der Waals surface area contributed by atoms with Crippen molar-refractivity contribution in [2.45, 2.75) is 6.61 Å². The smallest absolute Gasteiger partial charge is 0.342 e. The molecule has 0 aliphatic rings. The van der Waals surface area contributed by atoms with Gasteiger partial charge in [0.2, 0.25) is 0 Å². The second kappa shape index (κ2) is 6.80. The SMILES string of the molecule is COc1ccc(COC(=O)c2cccc(OC)c2O)cc1F. The summed E-state index contributed by atoms with van der Waals surface area (Å²) >= 11 is 0. The maximum Gasteiger partial charge on any atom is 0.342 e. The predicted octanol–water partition coefficient (Wildman–Crippen LogP) is 2.91. The number of methoxy groups -OCH3 is 2. The van der Waals surface area contributed by atoms with Crippen molar-refractivity contribution in [3.05, 3.63) is 53.3 Å². The van der Waals surface area contributed by atoms with E-state index in [-0.39, 0.29) is 29.4 Å². The third kappa shape index (κ3) is 3.28. The first-order valence-corrected chi connectivity index (χ1v) is 6.42. The number of halogens is 1. The summed E-state index contributed by atoms with van der Waals surface area (Å²) in [6.07, 6.45) is 0. The predicted molar refractivity (Wildman–Crippen MR) is 76.7 cm³/mol. The highest BCUT2D eigenvalue weighted by Crippen LogP contribution is 2.30. The fourth-order valence-electron chi connectivity index (χ4n) is 1.88. The van der Waals surface area contributed by atoms with Gasteiger partial charge in [0.25, 0.3) is 0 Å². The molecule has 22 heavy (non-hydrogen) atoms. The lowest BCUT2D eigenvalue weighted by Gasteiger charge is -2.09. The third-order valence-electron chi connectivity index (χ3n) is 3.02. The quantitative estimate of drug-likeness (QED) is 0.860. The molecule has 1 N–H and O–H groups in total. The normalized spacial score (nSPS) is 10.1. The molecule has 0 aromatic heterocycles. The van der Waals surface area contributed by atoms with Gasteiger partial charge in [-0.1, -0.05) is 12.1 Å². The van der Waals surface area contributed by atoms with E-state index >= 15 is 0 Å². The van der Waals surface area contributed by atoms with Gasteiger partial charge in [-0.2, -0.15) is 0 Å². The summed E-state index contributed by atoms with van der Waals surface area (Å²) in [6.45, 7) is -0.129. The van der Waals surface area contributed by atoms with E-state index in [2.05, 4.69) is 0 Å². The van der Waals surface area contributed by atoms with Crippen molar-refractivity contribution in [2.24, 2.45) is 0 Å². The molecule has 0 amide bonds. The van der Waals surface area contributed by atoms with Gasteiger partial charge in [0.05, 0.1) is 14.2 Å². The summed E-state index contributed by atoms with van der Waals surface area (Å²) in [7, 11) is 2.74. The number of para-hydroxylation sites is 1. The van der Waals surface area contributed by atoms with Gasteiger partial charge >= 0.3 is 5.97 Å². The van der Waals surface area contributed by atoms with Crippen molar-refractivity contribution in [3.63, 3.8) is 0 Å². The monoisotopic (exact) mass is 306 g/mol. The number of benzene rings is 2. The van der Waals surface area contributed by atoms with Crippen molar-refractivity contribution in [2.75, 3.05) is 14.2 Å². The molecule has 0 aliphatic carbocycles. The zero-order valence-corrected chi connectivity index (χ0v) is 12.1. The molecule has 0 fully saturated rings. The van der Waals surface area contributed by atoms with Crippen LogP contribution in [0.15, 0.2) is 36.4 Å². The number of aromatic hydroxyl groups is 1. The van der Waals surface area contributed by atoms with Gasteiger partial charge in [-0.3, -0.25) is 0 Å². The Bertz CT molecular complexity index is 684. The molecular formula is C16H15FO5. The van der Waals surface area contributed by atoms with Crippen LogP contribution in [0.25, 0.3) is 0 Å². The molecule has 5 nitrogen and oxygen atoms in total. The molecule has 6 heteroatoms. The number of carbonyl (C=O) groups is 1. The Kier molecular flexibility index (Phi) is 4.83. The van der Waals surface area contributed by atoms with Gasteiger partial charge in [0, 0.05) is 0 Å². The minimum absolute atomic E-state index is 0.0201. The Morgan fingerprint density at radius 2 is 1.86 bits per heavy atom. The molecule has 116 valence electrons. The molecule has 0 aliphatic heterocycles. The van der Waals surface area contributed by atoms with E-state index in [1.165, 1.54) is 38.5 Å². The highest BCUT2D eigenvalue weighted by molar-refractivity contribution is 5.93. The maximum absolute atomic E-state index is 13.5. The molecule has 0 saturated heterocycles. The molecule has 2 rings (SSSR count). The minimum Gasteiger partial charge on any atom is -0.504 e. The second-order valence-electron chi connectivity index (χ2n) is 4.40. The Morgan fingerprint density at radius 1 is 1.14 bits per heavy atom. The number of esters is 1. The number of ether oxygens (including phenoxy) is 3. The van der Waals surface area contributed by atoms with Crippen molar-refractivity contribution >= 4 is 5.97 Å². The van der Waals surface area contributed by atoms with Crippen molar-refractivity contribution < 1.29 is 28.5 Å². The zero-order chi connectivity index (χ0) is 16.1. The summed E-state index contributed by atoms with van der Waals surface area (Å²) in [4.78, 5) is 12.0. The van der Waals surface area contributed by atoms with Crippen molar-refractivity contribution in [3.8, 4) is 17.2 Å². The molecular weight excluding hydrogens is 291 g/mol. The van der Waals surface area contributed by atoms with E-state index in [0.29, 0.717) is 5.56 Å². The highest BCUT2D eigenvalue weighted by Gasteiger charge is 2.16. The van der Waals surface area contributed by atoms with Crippen LogP contribution in [0.4, 0.5) is 4.39 Å². The molecule has 0 unspecified atom stereocenters. The fourth-order valence-corrected chi connectivity index (χ4v) is 1.88. The van der Waals surface area contributed by atoms with Crippen LogP contribution >= 0.6 is 0 Å². The third-order valence-corrected chi connectivity index (χ3v) is 3.02. The standard InChI is InChI=1S/C16H15FO5/c1-20-13-7-6-10(8-12(13)17)9-22-16(19)11-4-3-5-14(21-2)15(11)18/h3-8,18H,9H2,1-2H3. The Morgan fingerprint density at radius 3 is 2.50 bits per heavy atom. The summed E-state index contributed by atoms with van der Waals surface area (Å²) in [5.41, 5.74) is 0.447. The van der Waals surface area contributed by atoms with Gasteiger partial charge in [-0.15, -0.1) is 0 Å². The van der Waals surface area contributed by atoms with E-state index < -0.39 is 11.8 Å². The van der Waals surface area contributed by atoms with Crippen LogP contribution in [-0.2, 0) is 11.3 Å². The lowest BCUT2D eigenvalue weighted by Crippen LogP contribution is -2.06. The zero-order valence-electron chi connectivity index (χ0n) is 12.1. The number of carbonyl (C=O) groups excluding carboxylic acids is 1. The van der Waals surface area contributed by atoms with Crippen LogP contribution in [0.5, 0.6) is 17.2 Å². The lowest BCUT2D eigenvalue weighted by molar-refractivity contribution is 0.0468. The summed E-state index contributed by atoms with van der Waals surface area (Å²) in [5.74, 6) is -1.28. The van der Waals surface area contributed by atoms with Crippen LogP contribution in [0.1, 0.15) is 15.9 Å². The summed E-state index contributed by atoms with van der Waals surface area (Å²) < 4.78 is 28.3. The van der Waals surface area contributed by atoms with E-state index in [1.807, 2.05) is 0 Å². The highest BCUT2D eigenvalue weighted by atomic mass is 19.1. The minimum atomic E-state index is -0.729. The lowest BCUT2D eigenvalue weighted by atomic mass is 10.2. The van der Waals surface area contributed by atoms with Gasteiger partial charge in [0.1, 0.15) is 12.2 Å². The average Bonchev–Trinajstić information content (AvgIpc) is 2.53. The molecule has 0 bridgehead atoms. The van der Waals surface area contributed by atoms with Crippen LogP contribution < -0.4 is 9.47 Å². The van der Waals surface area contributed by atoms with Crippen LogP contribution in [0.3, 0.4) is 0 Å². The van der Waals surface area contributed by atoms with Gasteiger partial charge < -0.3 is 19.3 Å². The first-order valence-electron chi connectivity index (χ1n) is 6.42. The Hall–Kier alpha value is -2.76. The van der Waals surface area contributed by atoms with E-state index in [0.717, 1.165) is 0 Å². The summed E-state index contributed by atoms with van der Waals surface area (Å²) in [6, 6.07) is 8.74. The van der Waals surface area contributed by atoms with Crippen LogP contribution in [-0.4, -0.2) is 25.3 Å². The fraction of sp³-hybridized carbons (Fsp3) is 0.188. The van der Waals surface area contributed by atoms with Gasteiger partial charge in [-0.25, -0.2) is 9.18 Å². The number of hydrogen-bond acceptors (Lipinski definition) is 5. The Balaban J connectivity index is 2.09. The Labute approximate surface area is 126 Å². The maximum atomic E-state index is 13.5. The number of phenols is 1. The first kappa shape index (κ1) is 15.6. The van der Waals surface area contributed by atoms with Crippen molar-refractivity contribution in [1.29, 1.82) is 0 Å². The molecule has 2 aromatic rings. The molecule has 0 radical (unpaired) electrons. The largest absolute Gasteiger partial charge is 0.504 e. The molecule has 0 saturated carbocycles. The van der Waals surface area contributed by atoms with Crippen LogP contribution in [0, 0.1) is 5.82 Å². The number of phenolic OH excluding ortho intramolecular Hbond substituents is 1. The van der Waals surface area contributed by atoms with Gasteiger partial charge in [-0.05, 0) is 29.8 Å². The average molecular weight is 306 g/mol.